The van der Waals surface area contributed by atoms with Gasteiger partial charge < -0.3 is 0 Å². The summed E-state index contributed by atoms with van der Waals surface area (Å²) < 4.78 is 0. The van der Waals surface area contributed by atoms with Crippen LogP contribution in [0.2, 0.25) is 0 Å². The van der Waals surface area contributed by atoms with Crippen molar-refractivity contribution in [1.82, 2.24) is 0 Å². The summed E-state index contributed by atoms with van der Waals surface area (Å²) in [5.41, 5.74) is 1.30. The van der Waals surface area contributed by atoms with Gasteiger partial charge in [-0.3, -0.25) is 0 Å². The summed E-state index contributed by atoms with van der Waals surface area (Å²) >= 11 is 0. The normalized spacial score (nSPS) is 21.1. The SMILES string of the molecule is [CH]C1(c2ccccc2)CCCC1. The third kappa shape index (κ3) is 1.26. The van der Waals surface area contributed by atoms with Gasteiger partial charge >= 0.3 is 0 Å². The van der Waals surface area contributed by atoms with Crippen LogP contribution in [0.4, 0.5) is 0 Å². The summed E-state index contributed by atoms with van der Waals surface area (Å²) in [7, 11) is 0. The zero-order valence-electron chi connectivity index (χ0n) is 7.29. The molecule has 2 radical (unpaired) electrons. The maximum Gasteiger partial charge on any atom is -0.00126 e. The quantitative estimate of drug-likeness (QED) is 0.588. The van der Waals surface area contributed by atoms with E-state index in [-0.39, 0.29) is 5.41 Å². The number of benzene rings is 1. The molecule has 0 aliphatic heterocycles. The van der Waals surface area contributed by atoms with Gasteiger partial charge in [0.05, 0.1) is 0 Å². The van der Waals surface area contributed by atoms with Crippen LogP contribution in [0.5, 0.6) is 0 Å². The van der Waals surface area contributed by atoms with Gasteiger partial charge in [0.25, 0.3) is 0 Å². The molecular weight excluding hydrogens is 144 g/mol. The van der Waals surface area contributed by atoms with Crippen molar-refractivity contribution in [2.45, 2.75) is 31.1 Å². The van der Waals surface area contributed by atoms with Crippen molar-refractivity contribution in [3.05, 3.63) is 42.8 Å². The lowest BCUT2D eigenvalue weighted by atomic mass is 9.81. The van der Waals surface area contributed by atoms with Crippen molar-refractivity contribution in [3.8, 4) is 0 Å². The molecule has 0 nitrogen and oxygen atoms in total. The molecule has 0 heterocycles. The maximum absolute atomic E-state index is 6.28. The lowest BCUT2D eigenvalue weighted by Crippen LogP contribution is -2.16. The van der Waals surface area contributed by atoms with E-state index in [9.17, 15) is 0 Å². The van der Waals surface area contributed by atoms with Gasteiger partial charge in [-0.25, -0.2) is 0 Å². The first-order valence-electron chi connectivity index (χ1n) is 4.66. The predicted molar refractivity (Wildman–Crippen MR) is 50.9 cm³/mol. The van der Waals surface area contributed by atoms with E-state index in [2.05, 4.69) is 24.3 Å². The molecule has 1 aliphatic rings. The van der Waals surface area contributed by atoms with Gasteiger partial charge in [-0.05, 0) is 30.7 Å². The molecule has 0 atom stereocenters. The van der Waals surface area contributed by atoms with Gasteiger partial charge in [-0.1, -0.05) is 43.2 Å². The Bertz CT molecular complexity index is 242. The van der Waals surface area contributed by atoms with Gasteiger partial charge in [0.15, 0.2) is 0 Å². The first-order valence-corrected chi connectivity index (χ1v) is 4.66. The van der Waals surface area contributed by atoms with Crippen LogP contribution >= 0.6 is 0 Å². The van der Waals surface area contributed by atoms with Gasteiger partial charge in [-0.2, -0.15) is 0 Å². The van der Waals surface area contributed by atoms with E-state index in [0.717, 1.165) is 12.8 Å². The summed E-state index contributed by atoms with van der Waals surface area (Å²) in [6, 6.07) is 10.5. The molecule has 0 heteroatoms. The molecule has 1 saturated carbocycles. The van der Waals surface area contributed by atoms with Gasteiger partial charge in [0.1, 0.15) is 0 Å². The number of hydrogen-bond donors (Lipinski definition) is 0. The van der Waals surface area contributed by atoms with Gasteiger partial charge in [0, 0.05) is 0 Å². The lowest BCUT2D eigenvalue weighted by Gasteiger charge is -2.23. The first kappa shape index (κ1) is 7.85. The maximum atomic E-state index is 6.28. The third-order valence-electron chi connectivity index (χ3n) is 2.84. The Morgan fingerprint density at radius 1 is 1.00 bits per heavy atom. The molecule has 1 fully saturated rings. The Hall–Kier alpha value is -0.780. The third-order valence-corrected chi connectivity index (χ3v) is 2.84. The Balaban J connectivity index is 2.29. The van der Waals surface area contributed by atoms with E-state index < -0.39 is 0 Å². The smallest absolute Gasteiger partial charge is 0.00126 e. The Morgan fingerprint density at radius 3 is 2.17 bits per heavy atom. The molecule has 0 spiro atoms. The molecular formula is C12H14. The van der Waals surface area contributed by atoms with Crippen LogP contribution in [0, 0.1) is 6.92 Å². The van der Waals surface area contributed by atoms with Crippen LogP contribution < -0.4 is 0 Å². The topological polar surface area (TPSA) is 0 Å². The highest BCUT2D eigenvalue weighted by molar-refractivity contribution is 5.27. The van der Waals surface area contributed by atoms with Crippen LogP contribution in [0.25, 0.3) is 0 Å². The van der Waals surface area contributed by atoms with Crippen LogP contribution in [0.3, 0.4) is 0 Å². The first-order chi connectivity index (χ1) is 5.81. The van der Waals surface area contributed by atoms with Gasteiger partial charge in [-0.15, -0.1) is 0 Å². The minimum absolute atomic E-state index is 0.0126. The molecule has 12 heavy (non-hydrogen) atoms. The van der Waals surface area contributed by atoms with E-state index in [4.69, 9.17) is 6.92 Å². The molecule has 0 aromatic heterocycles. The lowest BCUT2D eigenvalue weighted by molar-refractivity contribution is 0.553. The summed E-state index contributed by atoms with van der Waals surface area (Å²) in [5.74, 6) is 0. The largest absolute Gasteiger partial charge is 0.0622 e. The predicted octanol–water partition coefficient (Wildman–Crippen LogP) is 3.21. The molecule has 0 amide bonds. The fourth-order valence-electron chi connectivity index (χ4n) is 2.06. The fourth-order valence-corrected chi connectivity index (χ4v) is 2.06. The highest BCUT2D eigenvalue weighted by Crippen LogP contribution is 2.39. The summed E-state index contributed by atoms with van der Waals surface area (Å²) in [4.78, 5) is 0. The average molecular weight is 158 g/mol. The molecule has 62 valence electrons. The second-order valence-corrected chi connectivity index (χ2v) is 3.73. The highest BCUT2D eigenvalue weighted by atomic mass is 14.3. The molecule has 0 bridgehead atoms. The van der Waals surface area contributed by atoms with E-state index in [1.165, 1.54) is 18.4 Å². The Morgan fingerprint density at radius 2 is 1.58 bits per heavy atom. The second-order valence-electron chi connectivity index (χ2n) is 3.73. The minimum atomic E-state index is -0.0126. The van der Waals surface area contributed by atoms with Crippen LogP contribution in [0.15, 0.2) is 30.3 Å². The molecule has 0 unspecified atom stereocenters. The van der Waals surface area contributed by atoms with Crippen molar-refractivity contribution in [1.29, 1.82) is 0 Å². The summed E-state index contributed by atoms with van der Waals surface area (Å²) in [6.07, 6.45) is 4.87. The van der Waals surface area contributed by atoms with E-state index in [1.807, 2.05) is 6.07 Å². The monoisotopic (exact) mass is 158 g/mol. The number of rotatable bonds is 1. The van der Waals surface area contributed by atoms with E-state index >= 15 is 0 Å². The molecule has 1 aliphatic carbocycles. The van der Waals surface area contributed by atoms with E-state index in [0.29, 0.717) is 0 Å². The van der Waals surface area contributed by atoms with Crippen LogP contribution in [-0.2, 0) is 5.41 Å². The Kier molecular flexibility index (Phi) is 1.92. The van der Waals surface area contributed by atoms with Crippen molar-refractivity contribution >= 4 is 0 Å². The van der Waals surface area contributed by atoms with Crippen molar-refractivity contribution in [2.24, 2.45) is 0 Å². The Labute approximate surface area is 74.6 Å². The standard InChI is InChI=1S/C12H14/c1-12(9-5-6-10-12)11-7-3-2-4-8-11/h1-4,7-8H,5-6,9-10H2. The average Bonchev–Trinajstić information content (AvgIpc) is 2.55. The molecule has 2 rings (SSSR count). The fraction of sp³-hybridized carbons (Fsp3) is 0.417. The summed E-state index contributed by atoms with van der Waals surface area (Å²) in [6.45, 7) is 6.28. The zero-order valence-corrected chi connectivity index (χ0v) is 7.29. The van der Waals surface area contributed by atoms with Crippen molar-refractivity contribution in [2.75, 3.05) is 0 Å². The van der Waals surface area contributed by atoms with Crippen LogP contribution in [-0.4, -0.2) is 0 Å². The molecule has 0 N–H and O–H groups in total. The van der Waals surface area contributed by atoms with Gasteiger partial charge in [0.2, 0.25) is 0 Å². The van der Waals surface area contributed by atoms with Crippen molar-refractivity contribution in [3.63, 3.8) is 0 Å². The molecule has 1 aromatic rings. The molecule has 1 aromatic carbocycles. The van der Waals surface area contributed by atoms with E-state index in [1.54, 1.807) is 0 Å². The zero-order chi connectivity index (χ0) is 8.44. The molecule has 0 saturated heterocycles. The van der Waals surface area contributed by atoms with Crippen LogP contribution in [0.1, 0.15) is 31.2 Å². The highest BCUT2D eigenvalue weighted by Gasteiger charge is 2.30. The summed E-state index contributed by atoms with van der Waals surface area (Å²) in [5, 5.41) is 0. The van der Waals surface area contributed by atoms with Crippen molar-refractivity contribution < 1.29 is 0 Å². The second kappa shape index (κ2) is 2.93. The number of hydrogen-bond acceptors (Lipinski definition) is 0. The minimum Gasteiger partial charge on any atom is -0.0622 e.